The monoisotopic (exact) mass is 411 g/mol. The first-order valence-electron chi connectivity index (χ1n) is 8.84. The summed E-state index contributed by atoms with van der Waals surface area (Å²) in [7, 11) is 0. The molecule has 2 aromatic carbocycles. The van der Waals surface area contributed by atoms with Crippen LogP contribution in [0.1, 0.15) is 31.3 Å². The lowest BCUT2D eigenvalue weighted by Crippen LogP contribution is -2.30. The highest BCUT2D eigenvalue weighted by Crippen LogP contribution is 2.18. The van der Waals surface area contributed by atoms with Gasteiger partial charge < -0.3 is 21.5 Å². The smallest absolute Gasteiger partial charge is 0.270 e. The number of primary amides is 1. The number of carbonyl (C=O) groups is 3. The van der Waals surface area contributed by atoms with Crippen molar-refractivity contribution < 1.29 is 23.9 Å². The minimum absolute atomic E-state index is 0.00340. The SMILES string of the molecule is NC(=O)c1ncn(-c2ccc(NC(=O)c3ccc(F)cc3)cc2)c1C(=O)NCCO. The van der Waals surface area contributed by atoms with Crippen LogP contribution in [0.5, 0.6) is 0 Å². The lowest BCUT2D eigenvalue weighted by atomic mass is 10.2. The molecule has 5 N–H and O–H groups in total. The Kier molecular flexibility index (Phi) is 6.18. The molecule has 1 heterocycles. The summed E-state index contributed by atoms with van der Waals surface area (Å²) >= 11 is 0. The molecule has 0 radical (unpaired) electrons. The first-order chi connectivity index (χ1) is 14.4. The Bertz CT molecular complexity index is 1080. The zero-order chi connectivity index (χ0) is 21.7. The second kappa shape index (κ2) is 8.97. The van der Waals surface area contributed by atoms with Gasteiger partial charge in [-0.15, -0.1) is 0 Å². The number of aliphatic hydroxyl groups excluding tert-OH is 1. The number of anilines is 1. The standard InChI is InChI=1S/C20H18FN5O4/c21-13-3-1-12(2-4-13)19(29)25-14-5-7-15(8-6-14)26-11-24-16(18(22)28)17(26)20(30)23-9-10-27/h1-8,11,27H,9-10H2,(H2,22,28)(H,23,30)(H,25,29). The molecular formula is C20H18FN5O4. The lowest BCUT2D eigenvalue weighted by molar-refractivity contribution is 0.0921. The summed E-state index contributed by atoms with van der Waals surface area (Å²) in [5.41, 5.74) is 6.27. The van der Waals surface area contributed by atoms with Crippen LogP contribution in [-0.2, 0) is 0 Å². The van der Waals surface area contributed by atoms with E-state index >= 15 is 0 Å². The van der Waals surface area contributed by atoms with Crippen molar-refractivity contribution in [2.45, 2.75) is 0 Å². The van der Waals surface area contributed by atoms with Crippen LogP contribution in [-0.4, -0.2) is 45.5 Å². The van der Waals surface area contributed by atoms with E-state index in [-0.39, 0.29) is 24.5 Å². The van der Waals surface area contributed by atoms with Crippen LogP contribution >= 0.6 is 0 Å². The van der Waals surface area contributed by atoms with Crippen molar-refractivity contribution in [1.29, 1.82) is 0 Å². The summed E-state index contributed by atoms with van der Waals surface area (Å²) in [6.45, 7) is -0.273. The summed E-state index contributed by atoms with van der Waals surface area (Å²) in [5, 5.41) is 14.0. The second-order valence-electron chi connectivity index (χ2n) is 6.16. The predicted molar refractivity (Wildman–Crippen MR) is 106 cm³/mol. The molecule has 0 spiro atoms. The van der Waals surface area contributed by atoms with Crippen molar-refractivity contribution in [1.82, 2.24) is 14.9 Å². The zero-order valence-corrected chi connectivity index (χ0v) is 15.6. The van der Waals surface area contributed by atoms with E-state index in [2.05, 4.69) is 15.6 Å². The van der Waals surface area contributed by atoms with E-state index in [0.29, 0.717) is 16.9 Å². The van der Waals surface area contributed by atoms with Crippen molar-refractivity contribution in [3.05, 3.63) is 77.6 Å². The summed E-state index contributed by atoms with van der Waals surface area (Å²) < 4.78 is 14.4. The van der Waals surface area contributed by atoms with E-state index < -0.39 is 23.5 Å². The Hall–Kier alpha value is -4.05. The molecule has 1 aromatic heterocycles. The highest BCUT2D eigenvalue weighted by Gasteiger charge is 2.23. The van der Waals surface area contributed by atoms with Crippen molar-refractivity contribution in [2.24, 2.45) is 5.73 Å². The Balaban J connectivity index is 1.83. The summed E-state index contributed by atoms with van der Waals surface area (Å²) in [6.07, 6.45) is 1.28. The van der Waals surface area contributed by atoms with Crippen molar-refractivity contribution in [2.75, 3.05) is 18.5 Å². The first-order valence-corrected chi connectivity index (χ1v) is 8.84. The van der Waals surface area contributed by atoms with Gasteiger partial charge in [-0.25, -0.2) is 9.37 Å². The van der Waals surface area contributed by atoms with Gasteiger partial charge in [0, 0.05) is 23.5 Å². The number of aromatic nitrogens is 2. The Morgan fingerprint density at radius 2 is 1.70 bits per heavy atom. The number of imidazole rings is 1. The van der Waals surface area contributed by atoms with Gasteiger partial charge in [-0.3, -0.25) is 19.0 Å². The molecule has 3 amide bonds. The van der Waals surface area contributed by atoms with Crippen molar-refractivity contribution >= 4 is 23.4 Å². The number of rotatable bonds is 7. The average Bonchev–Trinajstić information content (AvgIpc) is 3.18. The molecule has 9 nitrogen and oxygen atoms in total. The molecule has 0 unspecified atom stereocenters. The first kappa shape index (κ1) is 20.7. The number of aliphatic hydroxyl groups is 1. The number of hydrogen-bond acceptors (Lipinski definition) is 5. The minimum Gasteiger partial charge on any atom is -0.395 e. The number of nitrogens with zero attached hydrogens (tertiary/aromatic N) is 2. The van der Waals surface area contributed by atoms with E-state index in [0.717, 1.165) is 0 Å². The van der Waals surface area contributed by atoms with Gasteiger partial charge >= 0.3 is 0 Å². The molecular weight excluding hydrogens is 393 g/mol. The molecule has 0 aliphatic heterocycles. The lowest BCUT2D eigenvalue weighted by Gasteiger charge is -2.11. The van der Waals surface area contributed by atoms with Crippen LogP contribution in [0, 0.1) is 5.82 Å². The van der Waals surface area contributed by atoms with E-state index in [1.165, 1.54) is 35.2 Å². The normalized spacial score (nSPS) is 10.5. The average molecular weight is 411 g/mol. The third-order valence-corrected chi connectivity index (χ3v) is 4.12. The molecule has 10 heteroatoms. The number of benzene rings is 2. The summed E-state index contributed by atoms with van der Waals surface area (Å²) in [5.74, 6) is -2.34. The molecule has 30 heavy (non-hydrogen) atoms. The maximum Gasteiger partial charge on any atom is 0.270 e. The molecule has 0 atom stereocenters. The topological polar surface area (TPSA) is 139 Å². The van der Waals surface area contributed by atoms with Gasteiger partial charge in [0.05, 0.1) is 6.61 Å². The molecule has 3 aromatic rings. The third-order valence-electron chi connectivity index (χ3n) is 4.12. The summed E-state index contributed by atoms with van der Waals surface area (Å²) in [6, 6.07) is 11.5. The largest absolute Gasteiger partial charge is 0.395 e. The Morgan fingerprint density at radius 3 is 2.30 bits per heavy atom. The van der Waals surface area contributed by atoms with Crippen LogP contribution in [0.4, 0.5) is 10.1 Å². The van der Waals surface area contributed by atoms with E-state index in [4.69, 9.17) is 10.8 Å². The van der Waals surface area contributed by atoms with Gasteiger partial charge in [-0.05, 0) is 48.5 Å². The zero-order valence-electron chi connectivity index (χ0n) is 15.6. The number of nitrogens with one attached hydrogen (secondary N) is 2. The van der Waals surface area contributed by atoms with Crippen LogP contribution in [0.15, 0.2) is 54.9 Å². The quantitative estimate of drug-likeness (QED) is 0.461. The minimum atomic E-state index is -0.869. The third kappa shape index (κ3) is 4.50. The highest BCUT2D eigenvalue weighted by molar-refractivity contribution is 6.05. The maximum absolute atomic E-state index is 13.0. The van der Waals surface area contributed by atoms with Gasteiger partial charge in [0.15, 0.2) is 5.69 Å². The molecule has 0 aliphatic rings. The summed E-state index contributed by atoms with van der Waals surface area (Å²) in [4.78, 5) is 40.2. The Labute approximate surface area is 170 Å². The fourth-order valence-electron chi connectivity index (χ4n) is 2.70. The molecule has 0 saturated heterocycles. The second-order valence-corrected chi connectivity index (χ2v) is 6.16. The molecule has 0 fully saturated rings. The van der Waals surface area contributed by atoms with E-state index in [1.807, 2.05) is 0 Å². The molecule has 3 rings (SSSR count). The fraction of sp³-hybridized carbons (Fsp3) is 0.100. The van der Waals surface area contributed by atoms with Crippen molar-refractivity contribution in [3.8, 4) is 5.69 Å². The Morgan fingerprint density at radius 1 is 1.03 bits per heavy atom. The molecule has 0 bridgehead atoms. The van der Waals surface area contributed by atoms with Crippen LogP contribution in [0.25, 0.3) is 5.69 Å². The van der Waals surface area contributed by atoms with Crippen LogP contribution in [0.2, 0.25) is 0 Å². The number of amides is 3. The van der Waals surface area contributed by atoms with Gasteiger partial charge in [-0.1, -0.05) is 0 Å². The maximum atomic E-state index is 13.0. The number of nitrogens with two attached hydrogens (primary N) is 1. The number of halogens is 1. The fourth-order valence-corrected chi connectivity index (χ4v) is 2.70. The predicted octanol–water partition coefficient (Wildman–Crippen LogP) is 1.08. The van der Waals surface area contributed by atoms with Gasteiger partial charge in [0.1, 0.15) is 17.8 Å². The molecule has 0 aliphatic carbocycles. The number of hydrogen-bond donors (Lipinski definition) is 4. The van der Waals surface area contributed by atoms with Crippen LogP contribution < -0.4 is 16.4 Å². The molecule has 154 valence electrons. The van der Waals surface area contributed by atoms with E-state index in [1.54, 1.807) is 24.3 Å². The highest BCUT2D eigenvalue weighted by atomic mass is 19.1. The van der Waals surface area contributed by atoms with Crippen LogP contribution in [0.3, 0.4) is 0 Å². The van der Waals surface area contributed by atoms with Crippen molar-refractivity contribution in [3.63, 3.8) is 0 Å². The molecule has 0 saturated carbocycles. The van der Waals surface area contributed by atoms with E-state index in [9.17, 15) is 18.8 Å². The number of carbonyl (C=O) groups excluding carboxylic acids is 3. The van der Waals surface area contributed by atoms with Gasteiger partial charge in [-0.2, -0.15) is 0 Å². The van der Waals surface area contributed by atoms with Gasteiger partial charge in [0.25, 0.3) is 17.7 Å². The van der Waals surface area contributed by atoms with Gasteiger partial charge in [0.2, 0.25) is 0 Å².